The molecule has 0 saturated heterocycles. The highest BCUT2D eigenvalue weighted by Gasteiger charge is 2.18. The van der Waals surface area contributed by atoms with E-state index in [1.54, 1.807) is 0 Å². The summed E-state index contributed by atoms with van der Waals surface area (Å²) in [6, 6.07) is 2.54. The second-order valence-corrected chi connectivity index (χ2v) is 6.22. The Kier molecular flexibility index (Phi) is 4.15. The number of aryl methyl sites for hydroxylation is 1. The van der Waals surface area contributed by atoms with Crippen LogP contribution in [0.5, 0.6) is 0 Å². The second kappa shape index (κ2) is 6.06. The summed E-state index contributed by atoms with van der Waals surface area (Å²) in [5.41, 5.74) is 3.50. The van der Waals surface area contributed by atoms with Crippen LogP contribution in [0.1, 0.15) is 68.5 Å². The van der Waals surface area contributed by atoms with Crippen molar-refractivity contribution < 1.29 is 5.11 Å². The van der Waals surface area contributed by atoms with Crippen LogP contribution in [0.3, 0.4) is 0 Å². The highest BCUT2D eigenvalue weighted by molar-refractivity contribution is 5.28. The molecule has 1 N–H and O–H groups in total. The molecular formula is C17H25N3O. The number of hydrogen-bond acceptors (Lipinski definition) is 2. The lowest BCUT2D eigenvalue weighted by Crippen LogP contribution is -2.06. The van der Waals surface area contributed by atoms with Gasteiger partial charge in [0.05, 0.1) is 18.3 Å². The van der Waals surface area contributed by atoms with E-state index in [2.05, 4.69) is 48.2 Å². The van der Waals surface area contributed by atoms with Crippen LogP contribution in [-0.2, 0) is 13.0 Å². The first-order valence-corrected chi connectivity index (χ1v) is 8.08. The first-order chi connectivity index (χ1) is 10.2. The monoisotopic (exact) mass is 287 g/mol. The minimum absolute atomic E-state index is 0.290. The predicted molar refractivity (Wildman–Crippen MR) is 83.3 cm³/mol. The van der Waals surface area contributed by atoms with Crippen molar-refractivity contribution in [1.29, 1.82) is 0 Å². The summed E-state index contributed by atoms with van der Waals surface area (Å²) in [7, 11) is 0. The van der Waals surface area contributed by atoms with Gasteiger partial charge in [0.2, 0.25) is 0 Å². The molecule has 114 valence electrons. The Balaban J connectivity index is 1.76. The second-order valence-electron chi connectivity index (χ2n) is 6.22. The van der Waals surface area contributed by atoms with E-state index >= 15 is 0 Å². The van der Waals surface area contributed by atoms with Gasteiger partial charge in [0, 0.05) is 30.2 Å². The Morgan fingerprint density at radius 2 is 2.24 bits per heavy atom. The van der Waals surface area contributed by atoms with Crippen molar-refractivity contribution in [2.45, 2.75) is 64.6 Å². The molecule has 0 aliphatic heterocycles. The topological polar surface area (TPSA) is 43.0 Å². The normalized spacial score (nSPS) is 20.0. The Labute approximate surface area is 126 Å². The largest absolute Gasteiger partial charge is 0.388 e. The van der Waals surface area contributed by atoms with E-state index in [0.717, 1.165) is 43.5 Å². The van der Waals surface area contributed by atoms with Crippen molar-refractivity contribution in [2.24, 2.45) is 0 Å². The third kappa shape index (κ3) is 3.05. The fourth-order valence-corrected chi connectivity index (χ4v) is 3.06. The lowest BCUT2D eigenvalue weighted by Gasteiger charge is -2.08. The Hall–Kier alpha value is -1.55. The van der Waals surface area contributed by atoms with E-state index in [4.69, 9.17) is 0 Å². The zero-order valence-corrected chi connectivity index (χ0v) is 13.0. The van der Waals surface area contributed by atoms with Crippen molar-refractivity contribution in [3.05, 3.63) is 41.5 Å². The molecule has 0 saturated carbocycles. The van der Waals surface area contributed by atoms with E-state index in [1.165, 1.54) is 12.0 Å². The quantitative estimate of drug-likeness (QED) is 0.875. The minimum Gasteiger partial charge on any atom is -0.388 e. The number of nitrogens with zero attached hydrogens (tertiary/aromatic N) is 3. The highest BCUT2D eigenvalue weighted by atomic mass is 16.3. The maximum absolute atomic E-state index is 10.2. The van der Waals surface area contributed by atoms with Crippen molar-refractivity contribution in [1.82, 2.24) is 14.3 Å². The summed E-state index contributed by atoms with van der Waals surface area (Å²) >= 11 is 0. The Morgan fingerprint density at radius 3 is 3.05 bits per heavy atom. The molecule has 2 unspecified atom stereocenters. The Morgan fingerprint density at radius 1 is 1.38 bits per heavy atom. The van der Waals surface area contributed by atoms with Crippen LogP contribution >= 0.6 is 0 Å². The zero-order chi connectivity index (χ0) is 14.8. The summed E-state index contributed by atoms with van der Waals surface area (Å²) in [6.45, 7) is 5.14. The van der Waals surface area contributed by atoms with Gasteiger partial charge in [-0.25, -0.2) is 0 Å². The maximum Gasteiger partial charge on any atom is 0.0821 e. The number of aliphatic hydroxyl groups is 1. The maximum atomic E-state index is 10.2. The van der Waals surface area contributed by atoms with Crippen LogP contribution in [0, 0.1) is 0 Å². The molecule has 0 spiro atoms. The van der Waals surface area contributed by atoms with E-state index in [-0.39, 0.29) is 6.10 Å². The molecular weight excluding hydrogens is 262 g/mol. The molecule has 4 heteroatoms. The molecule has 0 fully saturated rings. The van der Waals surface area contributed by atoms with Gasteiger partial charge in [0.25, 0.3) is 0 Å². The SMILES string of the molecule is CCC(C)n1ccc(Cn2cc3c(c2)C(O)CCCC3)n1. The van der Waals surface area contributed by atoms with Gasteiger partial charge in [0.1, 0.15) is 0 Å². The first kappa shape index (κ1) is 14.4. The molecule has 1 aliphatic rings. The molecule has 21 heavy (non-hydrogen) atoms. The lowest BCUT2D eigenvalue weighted by molar-refractivity contribution is 0.166. The molecule has 0 amide bonds. The molecule has 2 atom stereocenters. The van der Waals surface area contributed by atoms with Crippen LogP contribution in [-0.4, -0.2) is 19.5 Å². The third-order valence-electron chi connectivity index (χ3n) is 4.58. The van der Waals surface area contributed by atoms with Crippen LogP contribution in [0.2, 0.25) is 0 Å². The van der Waals surface area contributed by atoms with E-state index in [1.807, 2.05) is 4.68 Å². The van der Waals surface area contributed by atoms with Gasteiger partial charge in [-0.1, -0.05) is 13.3 Å². The molecule has 0 bridgehead atoms. The number of aliphatic hydroxyl groups excluding tert-OH is 1. The van der Waals surface area contributed by atoms with Crippen molar-refractivity contribution >= 4 is 0 Å². The Bertz CT molecular complexity index is 599. The highest BCUT2D eigenvalue weighted by Crippen LogP contribution is 2.29. The van der Waals surface area contributed by atoms with E-state index in [9.17, 15) is 5.11 Å². The summed E-state index contributed by atoms with van der Waals surface area (Å²) < 4.78 is 4.21. The fraction of sp³-hybridized carbons (Fsp3) is 0.588. The minimum atomic E-state index is -0.290. The van der Waals surface area contributed by atoms with Crippen molar-refractivity contribution in [3.8, 4) is 0 Å². The van der Waals surface area contributed by atoms with Crippen molar-refractivity contribution in [3.63, 3.8) is 0 Å². The molecule has 0 aromatic carbocycles. The molecule has 2 aromatic heterocycles. The van der Waals surface area contributed by atoms with Gasteiger partial charge in [0.15, 0.2) is 0 Å². The summed E-state index contributed by atoms with van der Waals surface area (Å²) in [4.78, 5) is 0. The third-order valence-corrected chi connectivity index (χ3v) is 4.58. The van der Waals surface area contributed by atoms with Crippen LogP contribution in [0.25, 0.3) is 0 Å². The molecule has 0 radical (unpaired) electrons. The number of rotatable bonds is 4. The standard InChI is InChI=1S/C17H25N3O/c1-3-13(2)20-9-8-15(18-20)11-19-10-14-6-4-5-7-17(21)16(14)12-19/h8-10,12-13,17,21H,3-7,11H2,1-2H3. The molecule has 1 aliphatic carbocycles. The van der Waals surface area contributed by atoms with E-state index < -0.39 is 0 Å². The zero-order valence-electron chi connectivity index (χ0n) is 13.0. The van der Waals surface area contributed by atoms with Crippen LogP contribution < -0.4 is 0 Å². The molecule has 4 nitrogen and oxygen atoms in total. The average molecular weight is 287 g/mol. The number of fused-ring (bicyclic) bond motifs is 1. The van der Waals surface area contributed by atoms with Gasteiger partial charge in [-0.2, -0.15) is 5.10 Å². The predicted octanol–water partition coefficient (Wildman–Crippen LogP) is 3.46. The number of aromatic nitrogens is 3. The van der Waals surface area contributed by atoms with Crippen LogP contribution in [0.4, 0.5) is 0 Å². The molecule has 3 rings (SSSR count). The van der Waals surface area contributed by atoms with Crippen molar-refractivity contribution in [2.75, 3.05) is 0 Å². The van der Waals surface area contributed by atoms with Gasteiger partial charge in [-0.15, -0.1) is 0 Å². The molecule has 2 aromatic rings. The fourth-order valence-electron chi connectivity index (χ4n) is 3.06. The smallest absolute Gasteiger partial charge is 0.0821 e. The lowest BCUT2D eigenvalue weighted by atomic mass is 10.1. The van der Waals surface area contributed by atoms with Gasteiger partial charge in [-0.05, 0) is 44.2 Å². The molecule has 2 heterocycles. The van der Waals surface area contributed by atoms with Gasteiger partial charge in [-0.3, -0.25) is 4.68 Å². The van der Waals surface area contributed by atoms with Gasteiger partial charge >= 0.3 is 0 Å². The van der Waals surface area contributed by atoms with E-state index in [0.29, 0.717) is 6.04 Å². The van der Waals surface area contributed by atoms with Gasteiger partial charge < -0.3 is 9.67 Å². The van der Waals surface area contributed by atoms with Crippen LogP contribution in [0.15, 0.2) is 24.7 Å². The summed E-state index contributed by atoms with van der Waals surface area (Å²) in [5.74, 6) is 0. The first-order valence-electron chi connectivity index (χ1n) is 8.08. The summed E-state index contributed by atoms with van der Waals surface area (Å²) in [5, 5.41) is 14.8. The summed E-state index contributed by atoms with van der Waals surface area (Å²) in [6.07, 6.45) is 11.4. The number of hydrogen-bond donors (Lipinski definition) is 1. The average Bonchev–Trinajstić information content (AvgIpc) is 3.06.